The molecule has 0 N–H and O–H groups in total. The second-order valence-electron chi connectivity index (χ2n) is 2.90. The molecule has 2 nitrogen and oxygen atoms in total. The van der Waals surface area contributed by atoms with E-state index < -0.39 is 0 Å². The van der Waals surface area contributed by atoms with Gasteiger partial charge in [-0.2, -0.15) is 0 Å². The van der Waals surface area contributed by atoms with Crippen LogP contribution in [0.3, 0.4) is 0 Å². The molecule has 1 aromatic carbocycles. The molecular weight excluding hydrogens is 159 g/mol. The van der Waals surface area contributed by atoms with Crippen molar-refractivity contribution in [2.75, 3.05) is 0 Å². The first-order valence-corrected chi connectivity index (χ1v) is 4.15. The summed E-state index contributed by atoms with van der Waals surface area (Å²) in [5.41, 5.74) is 0. The maximum atomic E-state index is 8.52. The molecule has 0 unspecified atom stereocenters. The number of nitrogens with zero attached hydrogens (tertiary/aromatic N) is 2. The van der Waals surface area contributed by atoms with Gasteiger partial charge in [-0.25, -0.2) is 5.26 Å². The van der Waals surface area contributed by atoms with Crippen molar-refractivity contribution in [3.05, 3.63) is 42.7 Å². The topological polar surface area (TPSA) is 27.7 Å². The minimum absolute atomic E-state index is 0.408. The number of rotatable bonds is 1. The monoisotopic (exact) mass is 167 g/mol. The Kier molecular flexibility index (Phi) is 1.97. The van der Waals surface area contributed by atoms with Gasteiger partial charge in [-0.3, -0.25) is 4.48 Å². The lowest BCUT2D eigenvalue weighted by Crippen LogP contribution is -2.38. The van der Waals surface area contributed by atoms with Crippen molar-refractivity contribution in [3.8, 4) is 5.97 Å². The van der Waals surface area contributed by atoms with E-state index in [-0.39, 0.29) is 0 Å². The summed E-state index contributed by atoms with van der Waals surface area (Å²) in [5.74, 6) is 2.11. The molecule has 1 heterocycles. The molecule has 0 spiro atoms. The molecule has 0 aliphatic heterocycles. The molecular formula is C10H8BN2+. The largest absolute Gasteiger partial charge is 0.587 e. The minimum Gasteiger partial charge on any atom is -0.280 e. The zero-order valence-corrected chi connectivity index (χ0v) is 7.14. The number of benzene rings is 1. The lowest BCUT2D eigenvalue weighted by molar-refractivity contribution is -0.525. The van der Waals surface area contributed by atoms with E-state index in [0.29, 0.717) is 7.41 Å². The Morgan fingerprint density at radius 2 is 1.92 bits per heavy atom. The number of hydrogen-bond donors (Lipinski definition) is 0. The van der Waals surface area contributed by atoms with Crippen molar-refractivity contribution in [3.63, 3.8) is 0 Å². The Labute approximate surface area is 77.3 Å². The molecule has 0 aliphatic rings. The third-order valence-electron chi connectivity index (χ3n) is 2.00. The predicted octanol–water partition coefficient (Wildman–Crippen LogP) is 0.808. The van der Waals surface area contributed by atoms with E-state index in [1.807, 2.05) is 41.1 Å². The van der Waals surface area contributed by atoms with Gasteiger partial charge >= 0.3 is 7.41 Å². The van der Waals surface area contributed by atoms with Crippen LogP contribution in [0.4, 0.5) is 0 Å². The standard InChI is InChI=1S/C10H8BN2/c12-8-11-13-6-5-9-3-1-2-4-10(9)7-13/h1-7,11H/q+1. The van der Waals surface area contributed by atoms with Crippen LogP contribution in [0.2, 0.25) is 0 Å². The van der Waals surface area contributed by atoms with Crippen molar-refractivity contribution < 1.29 is 4.48 Å². The first-order chi connectivity index (χ1) is 6.40. The molecule has 3 heteroatoms. The zero-order valence-electron chi connectivity index (χ0n) is 7.14. The van der Waals surface area contributed by atoms with Gasteiger partial charge in [0.2, 0.25) is 0 Å². The molecule has 0 fully saturated rings. The molecule has 0 saturated heterocycles. The Hall–Kier alpha value is -1.82. The number of hydrogen-bond acceptors (Lipinski definition) is 1. The average Bonchev–Trinajstić information content (AvgIpc) is 2.18. The third-order valence-corrected chi connectivity index (χ3v) is 2.00. The second-order valence-corrected chi connectivity index (χ2v) is 2.90. The highest BCUT2D eigenvalue weighted by atomic mass is 14.8. The smallest absolute Gasteiger partial charge is 0.280 e. The lowest BCUT2D eigenvalue weighted by Gasteiger charge is -1.94. The highest BCUT2D eigenvalue weighted by molar-refractivity contribution is 6.35. The summed E-state index contributed by atoms with van der Waals surface area (Å²) in [4.78, 5) is 0. The number of aromatic nitrogens is 1. The molecule has 0 aliphatic carbocycles. The van der Waals surface area contributed by atoms with Crippen molar-refractivity contribution in [1.82, 2.24) is 0 Å². The molecule has 0 radical (unpaired) electrons. The fourth-order valence-electron chi connectivity index (χ4n) is 1.36. The normalized spacial score (nSPS) is 9.46. The van der Waals surface area contributed by atoms with Gasteiger partial charge in [0.15, 0.2) is 6.20 Å². The van der Waals surface area contributed by atoms with Crippen LogP contribution >= 0.6 is 0 Å². The minimum atomic E-state index is 0.408. The molecule has 60 valence electrons. The SMILES string of the molecule is N#CB[n+]1ccc2ccccc2c1. The van der Waals surface area contributed by atoms with Gasteiger partial charge in [0.1, 0.15) is 6.20 Å². The quantitative estimate of drug-likeness (QED) is 0.577. The summed E-state index contributed by atoms with van der Waals surface area (Å²) in [5, 5.41) is 10.9. The van der Waals surface area contributed by atoms with E-state index in [9.17, 15) is 0 Å². The molecule has 13 heavy (non-hydrogen) atoms. The lowest BCUT2D eigenvalue weighted by atomic mass is 9.97. The van der Waals surface area contributed by atoms with Gasteiger partial charge in [0, 0.05) is 11.5 Å². The second kappa shape index (κ2) is 3.28. The van der Waals surface area contributed by atoms with Crippen LogP contribution in [-0.2, 0) is 0 Å². The number of nitriles is 1. The number of fused-ring (bicyclic) bond motifs is 1. The van der Waals surface area contributed by atoms with Crippen LogP contribution < -0.4 is 4.48 Å². The Bertz CT molecular complexity index is 474. The van der Waals surface area contributed by atoms with E-state index in [1.165, 1.54) is 10.8 Å². The van der Waals surface area contributed by atoms with Crippen LogP contribution in [0.1, 0.15) is 0 Å². The summed E-state index contributed by atoms with van der Waals surface area (Å²) < 4.78 is 1.88. The fourth-order valence-corrected chi connectivity index (χ4v) is 1.36. The first-order valence-electron chi connectivity index (χ1n) is 4.15. The molecule has 2 rings (SSSR count). The highest BCUT2D eigenvalue weighted by Crippen LogP contribution is 2.08. The van der Waals surface area contributed by atoms with Gasteiger partial charge in [-0.1, -0.05) is 18.2 Å². The molecule has 2 aromatic rings. The third kappa shape index (κ3) is 1.52. The van der Waals surface area contributed by atoms with Crippen molar-refractivity contribution in [2.24, 2.45) is 0 Å². The summed E-state index contributed by atoms with van der Waals surface area (Å²) in [7, 11) is 0.408. The maximum absolute atomic E-state index is 8.52. The predicted molar refractivity (Wildman–Crippen MR) is 52.3 cm³/mol. The summed E-state index contributed by atoms with van der Waals surface area (Å²) >= 11 is 0. The van der Waals surface area contributed by atoms with Crippen LogP contribution in [0.25, 0.3) is 10.8 Å². The van der Waals surface area contributed by atoms with Crippen molar-refractivity contribution in [1.29, 1.82) is 5.26 Å². The van der Waals surface area contributed by atoms with Gasteiger partial charge in [0.25, 0.3) is 0 Å². The molecule has 1 aromatic heterocycles. The Morgan fingerprint density at radius 1 is 1.15 bits per heavy atom. The molecule has 0 saturated carbocycles. The highest BCUT2D eigenvalue weighted by Gasteiger charge is 2.03. The fraction of sp³-hybridized carbons (Fsp3) is 0. The van der Waals surface area contributed by atoms with E-state index in [1.54, 1.807) is 0 Å². The number of pyridine rings is 1. The first kappa shape index (κ1) is 7.81. The summed E-state index contributed by atoms with van der Waals surface area (Å²) in [6.07, 6.45) is 3.91. The van der Waals surface area contributed by atoms with E-state index >= 15 is 0 Å². The van der Waals surface area contributed by atoms with Gasteiger partial charge in [-0.05, 0) is 11.5 Å². The van der Waals surface area contributed by atoms with Gasteiger partial charge in [-0.15, -0.1) is 0 Å². The Morgan fingerprint density at radius 3 is 2.69 bits per heavy atom. The maximum Gasteiger partial charge on any atom is 0.587 e. The summed E-state index contributed by atoms with van der Waals surface area (Å²) in [6, 6.07) is 10.1. The van der Waals surface area contributed by atoms with E-state index in [4.69, 9.17) is 5.26 Å². The Balaban J connectivity index is 2.57. The van der Waals surface area contributed by atoms with E-state index in [2.05, 4.69) is 12.0 Å². The molecule has 0 amide bonds. The van der Waals surface area contributed by atoms with Crippen molar-refractivity contribution in [2.45, 2.75) is 0 Å². The molecule has 0 bridgehead atoms. The van der Waals surface area contributed by atoms with Gasteiger partial charge < -0.3 is 0 Å². The van der Waals surface area contributed by atoms with E-state index in [0.717, 1.165) is 0 Å². The van der Waals surface area contributed by atoms with Crippen LogP contribution in [0.5, 0.6) is 0 Å². The average molecular weight is 167 g/mol. The van der Waals surface area contributed by atoms with Crippen LogP contribution in [0, 0.1) is 11.2 Å². The van der Waals surface area contributed by atoms with Crippen molar-refractivity contribution >= 4 is 18.2 Å². The molecule has 0 atom stereocenters. The zero-order chi connectivity index (χ0) is 9.10. The van der Waals surface area contributed by atoms with Crippen LogP contribution in [-0.4, -0.2) is 7.41 Å². The van der Waals surface area contributed by atoms with Gasteiger partial charge in [0.05, 0.1) is 5.97 Å². The summed E-state index contributed by atoms with van der Waals surface area (Å²) in [6.45, 7) is 0. The van der Waals surface area contributed by atoms with Crippen LogP contribution in [0.15, 0.2) is 42.7 Å².